The van der Waals surface area contributed by atoms with Crippen LogP contribution in [0.4, 0.5) is 8.78 Å². The molecule has 0 radical (unpaired) electrons. The normalized spacial score (nSPS) is 19.0. The number of amides is 1. The van der Waals surface area contributed by atoms with Crippen LogP contribution in [0.15, 0.2) is 89.0 Å². The molecule has 2 aromatic carbocycles. The van der Waals surface area contributed by atoms with Gasteiger partial charge in [0.1, 0.15) is 23.1 Å². The first-order valence-electron chi connectivity index (χ1n) is 11.5. The van der Waals surface area contributed by atoms with Crippen molar-refractivity contribution < 1.29 is 23.1 Å². The number of rotatable bonds is 7. The van der Waals surface area contributed by atoms with E-state index < -0.39 is 23.6 Å². The third kappa shape index (κ3) is 5.28. The Labute approximate surface area is 216 Å². The number of aliphatic hydroxyl groups is 1. The summed E-state index contributed by atoms with van der Waals surface area (Å²) in [6.45, 7) is 0. The summed E-state index contributed by atoms with van der Waals surface area (Å²) in [4.78, 5) is 17.7. The Balaban J connectivity index is 1.46. The van der Waals surface area contributed by atoms with Gasteiger partial charge in [0.15, 0.2) is 12.2 Å². The number of carbonyl (C=O) groups excluding carboxylic acids is 1. The number of aliphatic hydroxyl groups excluding tert-OH is 1. The van der Waals surface area contributed by atoms with Gasteiger partial charge in [-0.2, -0.15) is 0 Å². The van der Waals surface area contributed by atoms with Crippen LogP contribution in [0, 0.1) is 17.6 Å². The number of allylic oxidation sites excluding steroid dienone is 1. The van der Waals surface area contributed by atoms with Crippen molar-refractivity contribution in [2.75, 3.05) is 0 Å². The number of oxazole rings is 1. The van der Waals surface area contributed by atoms with Crippen LogP contribution >= 0.6 is 11.6 Å². The topological polar surface area (TPSA) is 105 Å². The summed E-state index contributed by atoms with van der Waals surface area (Å²) in [5.74, 6) is 4.74. The van der Waals surface area contributed by atoms with E-state index in [4.69, 9.17) is 21.9 Å². The summed E-state index contributed by atoms with van der Waals surface area (Å²) >= 11 is 6.02. The number of hydrogen-bond donors (Lipinski definition) is 3. The molecule has 1 aliphatic carbocycles. The highest BCUT2D eigenvalue weighted by Crippen LogP contribution is 2.35. The molecule has 0 fully saturated rings. The molecule has 1 amide bonds. The molecule has 0 spiro atoms. The SMILES string of the molecule is NN(C(=O)CC1=CNC2C=CC(O)=CC12)C(Cc1cc(F)cc(F)c1)c1ncoc1-c1ccc(Cl)cc1. The number of hydrogen-bond acceptors (Lipinski definition) is 6. The smallest absolute Gasteiger partial charge is 0.241 e. The minimum atomic E-state index is -0.904. The second kappa shape index (κ2) is 10.2. The lowest BCUT2D eigenvalue weighted by Crippen LogP contribution is -2.42. The van der Waals surface area contributed by atoms with E-state index in [1.807, 2.05) is 6.08 Å². The van der Waals surface area contributed by atoms with E-state index in [9.17, 15) is 18.7 Å². The van der Waals surface area contributed by atoms with Crippen molar-refractivity contribution in [3.8, 4) is 11.3 Å². The van der Waals surface area contributed by atoms with Gasteiger partial charge in [-0.3, -0.25) is 9.80 Å². The summed E-state index contributed by atoms with van der Waals surface area (Å²) in [5.41, 5.74) is 2.02. The molecule has 2 heterocycles. The number of carbonyl (C=O) groups is 1. The summed E-state index contributed by atoms with van der Waals surface area (Å²) < 4.78 is 33.6. The van der Waals surface area contributed by atoms with Gasteiger partial charge in [-0.1, -0.05) is 17.7 Å². The van der Waals surface area contributed by atoms with Gasteiger partial charge in [0, 0.05) is 29.0 Å². The fourth-order valence-electron chi connectivity index (χ4n) is 4.66. The Morgan fingerprint density at radius 1 is 1.22 bits per heavy atom. The minimum Gasteiger partial charge on any atom is -0.508 e. The zero-order chi connectivity index (χ0) is 26.1. The zero-order valence-corrected chi connectivity index (χ0v) is 20.2. The maximum atomic E-state index is 14.0. The molecule has 7 nitrogen and oxygen atoms in total. The summed E-state index contributed by atoms with van der Waals surface area (Å²) in [6, 6.07) is 9.01. The molecular formula is C27H23ClF2N4O3. The summed E-state index contributed by atoms with van der Waals surface area (Å²) in [5, 5.41) is 14.6. The van der Waals surface area contributed by atoms with Crippen molar-refractivity contribution in [2.24, 2.45) is 11.8 Å². The van der Waals surface area contributed by atoms with Crippen molar-refractivity contribution in [2.45, 2.75) is 24.9 Å². The summed E-state index contributed by atoms with van der Waals surface area (Å²) in [7, 11) is 0. The fourth-order valence-corrected chi connectivity index (χ4v) is 4.78. The second-order valence-electron chi connectivity index (χ2n) is 8.94. The molecule has 3 aromatic rings. The molecule has 10 heteroatoms. The molecule has 3 atom stereocenters. The van der Waals surface area contributed by atoms with Crippen molar-refractivity contribution in [1.82, 2.24) is 15.3 Å². The van der Waals surface area contributed by atoms with Crippen LogP contribution < -0.4 is 11.2 Å². The molecule has 1 aliphatic heterocycles. The van der Waals surface area contributed by atoms with E-state index >= 15 is 0 Å². The van der Waals surface area contributed by atoms with Crippen molar-refractivity contribution in [3.05, 3.63) is 113 Å². The monoisotopic (exact) mass is 524 g/mol. The van der Waals surface area contributed by atoms with E-state index in [2.05, 4.69) is 10.3 Å². The highest BCUT2D eigenvalue weighted by molar-refractivity contribution is 6.30. The number of hydrazine groups is 1. The van der Waals surface area contributed by atoms with Gasteiger partial charge >= 0.3 is 0 Å². The van der Waals surface area contributed by atoms with Gasteiger partial charge < -0.3 is 14.8 Å². The van der Waals surface area contributed by atoms with Crippen LogP contribution in [-0.2, 0) is 11.2 Å². The molecular weight excluding hydrogens is 502 g/mol. The van der Waals surface area contributed by atoms with Crippen LogP contribution in [0.1, 0.15) is 23.7 Å². The Morgan fingerprint density at radius 3 is 2.68 bits per heavy atom. The van der Waals surface area contributed by atoms with Gasteiger partial charge in [0.05, 0.1) is 18.5 Å². The molecule has 0 saturated carbocycles. The number of fused-ring (bicyclic) bond motifs is 1. The number of nitrogens with one attached hydrogen (secondary N) is 1. The van der Waals surface area contributed by atoms with E-state index in [1.165, 1.54) is 18.5 Å². The van der Waals surface area contributed by atoms with Gasteiger partial charge in [-0.25, -0.2) is 19.6 Å². The number of halogens is 3. The quantitative estimate of drug-likeness (QED) is 0.225. The van der Waals surface area contributed by atoms with Crippen LogP contribution in [-0.4, -0.2) is 27.0 Å². The van der Waals surface area contributed by atoms with Crippen LogP contribution in [0.5, 0.6) is 0 Å². The van der Waals surface area contributed by atoms with Crippen molar-refractivity contribution in [1.29, 1.82) is 0 Å². The highest BCUT2D eigenvalue weighted by atomic mass is 35.5. The van der Waals surface area contributed by atoms with Crippen LogP contribution in [0.25, 0.3) is 11.3 Å². The molecule has 0 saturated heterocycles. The first-order valence-corrected chi connectivity index (χ1v) is 11.9. The lowest BCUT2D eigenvalue weighted by molar-refractivity contribution is -0.133. The van der Waals surface area contributed by atoms with Crippen molar-refractivity contribution >= 4 is 17.5 Å². The molecule has 5 rings (SSSR count). The van der Waals surface area contributed by atoms with Crippen LogP contribution in [0.3, 0.4) is 0 Å². The number of aromatic nitrogens is 1. The molecule has 1 aromatic heterocycles. The molecule has 37 heavy (non-hydrogen) atoms. The average Bonchev–Trinajstić information content (AvgIpc) is 3.49. The molecule has 0 bridgehead atoms. The molecule has 2 aliphatic rings. The average molecular weight is 525 g/mol. The first-order chi connectivity index (χ1) is 17.8. The maximum Gasteiger partial charge on any atom is 0.241 e. The third-order valence-corrected chi connectivity index (χ3v) is 6.70. The summed E-state index contributed by atoms with van der Waals surface area (Å²) in [6.07, 6.45) is 8.01. The van der Waals surface area contributed by atoms with Gasteiger partial charge in [-0.05, 0) is 65.9 Å². The van der Waals surface area contributed by atoms with Crippen LogP contribution in [0.2, 0.25) is 5.02 Å². The Kier molecular flexibility index (Phi) is 6.82. The molecule has 190 valence electrons. The van der Waals surface area contributed by atoms with E-state index in [0.717, 1.165) is 16.6 Å². The first kappa shape index (κ1) is 24.7. The predicted octanol–water partition coefficient (Wildman–Crippen LogP) is 5.13. The lowest BCUT2D eigenvalue weighted by Gasteiger charge is -2.28. The third-order valence-electron chi connectivity index (χ3n) is 6.45. The number of nitrogens with zero attached hydrogens (tertiary/aromatic N) is 2. The van der Waals surface area contributed by atoms with Gasteiger partial charge in [0.2, 0.25) is 5.91 Å². The zero-order valence-electron chi connectivity index (χ0n) is 19.4. The van der Waals surface area contributed by atoms with Gasteiger partial charge in [0.25, 0.3) is 0 Å². The second-order valence-corrected chi connectivity index (χ2v) is 9.37. The van der Waals surface area contributed by atoms with Crippen molar-refractivity contribution in [3.63, 3.8) is 0 Å². The highest BCUT2D eigenvalue weighted by Gasteiger charge is 2.34. The Hall–Kier alpha value is -3.95. The molecule has 3 unspecified atom stereocenters. The van der Waals surface area contributed by atoms with E-state index in [0.29, 0.717) is 27.6 Å². The Morgan fingerprint density at radius 2 is 1.95 bits per heavy atom. The van der Waals surface area contributed by atoms with Gasteiger partial charge in [-0.15, -0.1) is 0 Å². The Bertz CT molecular complexity index is 1400. The standard InChI is InChI=1S/C27H23ClF2N4O3/c28-18-3-1-16(2-4-18)27-26(33-14-37-27)24(9-15-7-19(29)11-20(30)8-15)34(31)25(36)10-17-13-32-23-6-5-21(35)12-22(17)23/h1-8,11-14,22-24,32,35H,9-10,31H2. The lowest BCUT2D eigenvalue weighted by atomic mass is 9.89. The maximum absolute atomic E-state index is 14.0. The number of benzene rings is 2. The van der Waals surface area contributed by atoms with E-state index in [-0.39, 0.29) is 30.6 Å². The molecule has 4 N–H and O–H groups in total. The van der Waals surface area contributed by atoms with E-state index in [1.54, 1.807) is 42.6 Å². The minimum absolute atomic E-state index is 0.0170. The fraction of sp³-hybridized carbons (Fsp3) is 0.185. The largest absolute Gasteiger partial charge is 0.508 e. The predicted molar refractivity (Wildman–Crippen MR) is 134 cm³/mol. The number of nitrogens with two attached hydrogens (primary N) is 1.